The van der Waals surface area contributed by atoms with Crippen LogP contribution in [-0.2, 0) is 19.1 Å². The molecule has 4 fully saturated rings. The van der Waals surface area contributed by atoms with E-state index in [9.17, 15) is 9.59 Å². The molecule has 4 aliphatic carbocycles. The first-order valence-electron chi connectivity index (χ1n) is 9.90. The molecule has 1 saturated heterocycles. The van der Waals surface area contributed by atoms with Crippen molar-refractivity contribution in [3.8, 4) is 0 Å². The number of hydrogen-bond acceptors (Lipinski definition) is 4. The van der Waals surface area contributed by atoms with Gasteiger partial charge >= 0.3 is 5.97 Å². The zero-order valence-corrected chi connectivity index (χ0v) is 15.4. The van der Waals surface area contributed by atoms with Crippen molar-refractivity contribution in [1.29, 1.82) is 0 Å². The number of fused-ring (bicyclic) bond motifs is 4. The molecule has 4 heteroatoms. The summed E-state index contributed by atoms with van der Waals surface area (Å²) in [6, 6.07) is 0. The molecule has 0 unspecified atom stereocenters. The van der Waals surface area contributed by atoms with Crippen LogP contribution in [0.15, 0.2) is 12.2 Å². The van der Waals surface area contributed by atoms with Crippen LogP contribution in [0.1, 0.15) is 59.3 Å². The molecule has 5 aliphatic rings. The first-order chi connectivity index (χ1) is 11.8. The second-order valence-corrected chi connectivity index (χ2v) is 9.54. The molecule has 0 aromatic rings. The molecule has 0 bridgehead atoms. The number of ether oxygens (including phenoxy) is 2. The Labute approximate surface area is 149 Å². The fourth-order valence-electron chi connectivity index (χ4n) is 7.42. The fourth-order valence-corrected chi connectivity index (χ4v) is 7.42. The van der Waals surface area contributed by atoms with E-state index in [-0.39, 0.29) is 40.4 Å². The zero-order valence-electron chi connectivity index (χ0n) is 15.4. The lowest BCUT2D eigenvalue weighted by molar-refractivity contribution is -0.158. The van der Waals surface area contributed by atoms with E-state index < -0.39 is 0 Å². The molecule has 0 aromatic heterocycles. The Kier molecular flexibility index (Phi) is 3.06. The molecule has 5 rings (SSSR count). The van der Waals surface area contributed by atoms with Gasteiger partial charge in [0.05, 0.1) is 0 Å². The molecule has 1 aliphatic heterocycles. The predicted octanol–water partition coefficient (Wildman–Crippen LogP) is 3.44. The van der Waals surface area contributed by atoms with Crippen LogP contribution in [0, 0.1) is 28.6 Å². The van der Waals surface area contributed by atoms with Crippen LogP contribution in [0.3, 0.4) is 0 Å². The standard InChI is InChI=1S/C21H28O4/c1-12(22)24-17-5-4-14-13-6-11-21-18(25-21)16(23)8-10-20(21,3)15(13)7-9-19(14,17)2/h8,10,13-15,17-18H,4-7,9,11H2,1-3H3/t13-,14+,15-,17+,18+,19-,20+,21-/m0/s1. The number of esters is 1. The van der Waals surface area contributed by atoms with Gasteiger partial charge in [0.25, 0.3) is 0 Å². The van der Waals surface area contributed by atoms with Crippen LogP contribution < -0.4 is 0 Å². The Bertz CT molecular complexity index is 683. The van der Waals surface area contributed by atoms with E-state index in [1.807, 2.05) is 0 Å². The quantitative estimate of drug-likeness (QED) is 0.540. The summed E-state index contributed by atoms with van der Waals surface area (Å²) in [5.41, 5.74) is -0.122. The van der Waals surface area contributed by atoms with E-state index in [4.69, 9.17) is 9.47 Å². The highest BCUT2D eigenvalue weighted by Crippen LogP contribution is 2.71. The average Bonchev–Trinajstić information content (AvgIpc) is 3.22. The summed E-state index contributed by atoms with van der Waals surface area (Å²) >= 11 is 0. The maximum absolute atomic E-state index is 12.1. The molecule has 0 amide bonds. The topological polar surface area (TPSA) is 55.9 Å². The molecule has 3 saturated carbocycles. The van der Waals surface area contributed by atoms with Gasteiger partial charge in [-0.15, -0.1) is 0 Å². The van der Waals surface area contributed by atoms with Crippen molar-refractivity contribution in [2.75, 3.05) is 0 Å². The van der Waals surface area contributed by atoms with Gasteiger partial charge in [-0.2, -0.15) is 0 Å². The van der Waals surface area contributed by atoms with Crippen molar-refractivity contribution in [1.82, 2.24) is 0 Å². The first kappa shape index (κ1) is 16.0. The molecule has 0 N–H and O–H groups in total. The highest BCUT2D eigenvalue weighted by Gasteiger charge is 2.75. The molecule has 8 atom stereocenters. The van der Waals surface area contributed by atoms with Crippen molar-refractivity contribution in [3.63, 3.8) is 0 Å². The van der Waals surface area contributed by atoms with Crippen molar-refractivity contribution in [2.24, 2.45) is 28.6 Å². The number of carbonyl (C=O) groups is 2. The van der Waals surface area contributed by atoms with Crippen molar-refractivity contribution < 1.29 is 19.1 Å². The van der Waals surface area contributed by atoms with Crippen LogP contribution >= 0.6 is 0 Å². The highest BCUT2D eigenvalue weighted by molar-refractivity contribution is 5.98. The van der Waals surface area contributed by atoms with E-state index in [1.54, 1.807) is 6.08 Å². The Balaban J connectivity index is 1.47. The van der Waals surface area contributed by atoms with E-state index in [0.29, 0.717) is 17.8 Å². The molecule has 0 radical (unpaired) electrons. The fraction of sp³-hybridized carbons (Fsp3) is 0.810. The third-order valence-corrected chi connectivity index (χ3v) is 8.74. The van der Waals surface area contributed by atoms with Gasteiger partial charge in [0.15, 0.2) is 11.9 Å². The molecular weight excluding hydrogens is 316 g/mol. The maximum atomic E-state index is 12.1. The van der Waals surface area contributed by atoms with Crippen LogP contribution in [0.4, 0.5) is 0 Å². The highest BCUT2D eigenvalue weighted by atomic mass is 16.6. The van der Waals surface area contributed by atoms with Crippen molar-refractivity contribution in [2.45, 2.75) is 77.1 Å². The van der Waals surface area contributed by atoms with E-state index in [0.717, 1.165) is 38.5 Å². The van der Waals surface area contributed by atoms with Gasteiger partial charge < -0.3 is 9.47 Å². The van der Waals surface area contributed by atoms with E-state index in [1.165, 1.54) is 6.92 Å². The summed E-state index contributed by atoms with van der Waals surface area (Å²) in [6.45, 7) is 6.20. The van der Waals surface area contributed by atoms with Crippen LogP contribution in [0.2, 0.25) is 0 Å². The Morgan fingerprint density at radius 2 is 1.96 bits per heavy atom. The minimum atomic E-state index is -0.221. The Hall–Kier alpha value is -1.16. The summed E-state index contributed by atoms with van der Waals surface area (Å²) in [7, 11) is 0. The molecule has 4 nitrogen and oxygen atoms in total. The average molecular weight is 344 g/mol. The van der Waals surface area contributed by atoms with Crippen LogP contribution in [-0.4, -0.2) is 29.6 Å². The molecule has 136 valence electrons. The summed E-state index contributed by atoms with van der Waals surface area (Å²) in [5, 5.41) is 0. The van der Waals surface area contributed by atoms with Gasteiger partial charge in [0.2, 0.25) is 0 Å². The summed E-state index contributed by atoms with van der Waals surface area (Å²) in [4.78, 5) is 23.6. The van der Waals surface area contributed by atoms with Crippen LogP contribution in [0.25, 0.3) is 0 Å². The van der Waals surface area contributed by atoms with Gasteiger partial charge in [-0.3, -0.25) is 9.59 Å². The van der Waals surface area contributed by atoms with E-state index in [2.05, 4.69) is 19.9 Å². The lowest BCUT2D eigenvalue weighted by Gasteiger charge is -2.57. The molecule has 0 aromatic carbocycles. The zero-order chi connectivity index (χ0) is 17.6. The predicted molar refractivity (Wildman–Crippen MR) is 91.7 cm³/mol. The summed E-state index contributed by atoms with van der Waals surface area (Å²) in [5.74, 6) is 1.86. The summed E-state index contributed by atoms with van der Waals surface area (Å²) in [6.07, 6.45) is 10.4. The normalized spacial score (nSPS) is 55.6. The Morgan fingerprint density at radius 1 is 1.16 bits per heavy atom. The van der Waals surface area contributed by atoms with Gasteiger partial charge in [-0.25, -0.2) is 0 Å². The Morgan fingerprint density at radius 3 is 2.72 bits per heavy atom. The number of ketones is 1. The second-order valence-electron chi connectivity index (χ2n) is 9.54. The van der Waals surface area contributed by atoms with Gasteiger partial charge in [0.1, 0.15) is 11.7 Å². The number of epoxide rings is 1. The first-order valence-corrected chi connectivity index (χ1v) is 9.90. The molecule has 1 heterocycles. The number of rotatable bonds is 1. The molecule has 25 heavy (non-hydrogen) atoms. The minimum absolute atomic E-state index is 0.0185. The SMILES string of the molecule is CC(=O)O[C@@H]1CC[C@@H]2[C@@H]3CC[C@]45O[C@@H]4C(=O)C=C[C@]5(C)[C@H]3CC[C@@]21C. The maximum Gasteiger partial charge on any atom is 0.302 e. The van der Waals surface area contributed by atoms with Gasteiger partial charge in [0, 0.05) is 17.8 Å². The van der Waals surface area contributed by atoms with Crippen molar-refractivity contribution >= 4 is 11.8 Å². The van der Waals surface area contributed by atoms with Gasteiger partial charge in [-0.1, -0.05) is 19.9 Å². The largest absolute Gasteiger partial charge is 0.462 e. The number of hydrogen-bond donors (Lipinski definition) is 0. The molecule has 1 spiro atoms. The second kappa shape index (κ2) is 4.76. The number of carbonyl (C=O) groups excluding carboxylic acids is 2. The molecular formula is C21H28O4. The minimum Gasteiger partial charge on any atom is -0.462 e. The monoisotopic (exact) mass is 344 g/mol. The lowest BCUT2D eigenvalue weighted by atomic mass is 9.46. The third-order valence-electron chi connectivity index (χ3n) is 8.74. The lowest BCUT2D eigenvalue weighted by Crippen LogP contribution is -2.57. The van der Waals surface area contributed by atoms with Crippen molar-refractivity contribution in [3.05, 3.63) is 12.2 Å². The van der Waals surface area contributed by atoms with Gasteiger partial charge in [-0.05, 0) is 62.4 Å². The summed E-state index contributed by atoms with van der Waals surface area (Å²) < 4.78 is 11.8. The van der Waals surface area contributed by atoms with E-state index >= 15 is 0 Å². The van der Waals surface area contributed by atoms with Crippen LogP contribution in [0.5, 0.6) is 0 Å². The third kappa shape index (κ3) is 1.82. The smallest absolute Gasteiger partial charge is 0.302 e.